The Morgan fingerprint density at radius 2 is 1.89 bits per heavy atom. The minimum absolute atomic E-state index is 0.0154. The van der Waals surface area contributed by atoms with Gasteiger partial charge in [-0.3, -0.25) is 0 Å². The average molecular weight is 399 g/mol. The van der Waals surface area contributed by atoms with Crippen molar-refractivity contribution in [2.24, 2.45) is 27.8 Å². The fourth-order valence-electron chi connectivity index (χ4n) is 5.50. The van der Waals surface area contributed by atoms with Gasteiger partial charge in [-0.2, -0.15) is 0 Å². The maximum Gasteiger partial charge on any atom is 0.338 e. The Labute approximate surface area is 163 Å². The van der Waals surface area contributed by atoms with Crippen LogP contribution in [0.3, 0.4) is 0 Å². The van der Waals surface area contributed by atoms with Gasteiger partial charge >= 0.3 is 5.97 Å². The molecule has 2 unspecified atom stereocenters. The summed E-state index contributed by atoms with van der Waals surface area (Å²) in [5.41, 5.74) is 0.0436. The average Bonchev–Trinajstić information content (AvgIpc) is 2.93. The zero-order chi connectivity index (χ0) is 19.9. The first-order valence-electron chi connectivity index (χ1n) is 10.4. The van der Waals surface area contributed by atoms with Gasteiger partial charge in [-0.1, -0.05) is 38.3 Å². The number of nitrogens with one attached hydrogen (secondary N) is 1. The van der Waals surface area contributed by atoms with Crippen molar-refractivity contribution >= 4 is 21.7 Å². The number of nitrogens with zero attached hydrogens (tertiary/aromatic N) is 1. The molecule has 3 fully saturated rings. The topological polar surface area (TPSA) is 84.8 Å². The fourth-order valence-corrected chi connectivity index (χ4v) is 7.63. The molecule has 0 radical (unpaired) electrons. The molecule has 0 aliphatic heterocycles. The number of fused-ring (bicyclic) bond motifs is 2. The van der Waals surface area contributed by atoms with Crippen molar-refractivity contribution < 1.29 is 18.0 Å². The number of carbonyl (C=O) groups is 1. The van der Waals surface area contributed by atoms with E-state index in [2.05, 4.69) is 23.7 Å². The van der Waals surface area contributed by atoms with Crippen molar-refractivity contribution in [3.8, 4) is 0 Å². The van der Waals surface area contributed by atoms with Crippen LogP contribution in [0.2, 0.25) is 0 Å². The van der Waals surface area contributed by atoms with Crippen molar-refractivity contribution in [1.82, 2.24) is 4.72 Å². The van der Waals surface area contributed by atoms with E-state index in [9.17, 15) is 13.2 Å². The second-order valence-electron chi connectivity index (χ2n) is 9.56. The van der Waals surface area contributed by atoms with Crippen molar-refractivity contribution in [3.63, 3.8) is 0 Å². The van der Waals surface area contributed by atoms with E-state index < -0.39 is 15.4 Å². The molecule has 3 aliphatic rings. The van der Waals surface area contributed by atoms with Crippen molar-refractivity contribution in [1.29, 1.82) is 0 Å². The standard InChI is InChI=1S/C20H34N2O4S/c1-14(2)22-27(24,25)13-20-11-10-16(19(20,3)4)12-17(20)21-26-18(23)15-8-6-5-7-9-15/h14-16,22H,5-13H2,1-4H3/b21-17+. The molecule has 0 amide bonds. The van der Waals surface area contributed by atoms with Crippen LogP contribution in [0.25, 0.3) is 0 Å². The summed E-state index contributed by atoms with van der Waals surface area (Å²) >= 11 is 0. The van der Waals surface area contributed by atoms with E-state index in [4.69, 9.17) is 4.84 Å². The zero-order valence-corrected chi connectivity index (χ0v) is 17.9. The molecule has 3 aliphatic carbocycles. The van der Waals surface area contributed by atoms with Crippen LogP contribution in [-0.2, 0) is 19.7 Å². The number of carbonyl (C=O) groups excluding carboxylic acids is 1. The van der Waals surface area contributed by atoms with Gasteiger partial charge in [-0.15, -0.1) is 0 Å². The summed E-state index contributed by atoms with van der Waals surface area (Å²) in [6.07, 6.45) is 7.55. The van der Waals surface area contributed by atoms with Crippen LogP contribution in [0.4, 0.5) is 0 Å². The van der Waals surface area contributed by atoms with Gasteiger partial charge in [0.25, 0.3) is 0 Å². The smallest absolute Gasteiger partial charge is 0.318 e. The van der Waals surface area contributed by atoms with Crippen molar-refractivity contribution in [3.05, 3.63) is 0 Å². The maximum absolute atomic E-state index is 12.7. The molecule has 3 saturated carbocycles. The Hall–Kier alpha value is -0.950. The molecule has 0 spiro atoms. The van der Waals surface area contributed by atoms with Crippen molar-refractivity contribution in [2.75, 3.05) is 5.75 Å². The lowest BCUT2D eigenvalue weighted by Crippen LogP contribution is -2.46. The molecule has 0 aromatic carbocycles. The molecule has 3 rings (SSSR count). The SMILES string of the molecule is CC(C)NS(=O)(=O)CC12CCC(C/C1=N\OC(=O)C1CCCCC1)C2(C)C. The Balaban J connectivity index is 1.81. The van der Waals surface area contributed by atoms with Gasteiger partial charge in [0.1, 0.15) is 0 Å². The van der Waals surface area contributed by atoms with Crippen LogP contribution in [0.1, 0.15) is 79.1 Å². The normalized spacial score (nSPS) is 32.3. The minimum Gasteiger partial charge on any atom is -0.318 e. The molecule has 27 heavy (non-hydrogen) atoms. The quantitative estimate of drug-likeness (QED) is 0.547. The highest BCUT2D eigenvalue weighted by Gasteiger charge is 2.64. The third-order valence-electron chi connectivity index (χ3n) is 7.20. The molecule has 2 atom stereocenters. The summed E-state index contributed by atoms with van der Waals surface area (Å²) in [6, 6.07) is -0.141. The lowest BCUT2D eigenvalue weighted by atomic mass is 9.70. The monoisotopic (exact) mass is 398 g/mol. The molecule has 154 valence electrons. The lowest BCUT2D eigenvalue weighted by Gasteiger charge is -2.37. The number of rotatable bonds is 6. The van der Waals surface area contributed by atoms with E-state index in [0.29, 0.717) is 5.92 Å². The first-order valence-corrected chi connectivity index (χ1v) is 12.0. The van der Waals surface area contributed by atoms with Gasteiger partial charge in [-0.25, -0.2) is 17.9 Å². The molecule has 6 nitrogen and oxygen atoms in total. The first kappa shape index (κ1) is 20.8. The molecule has 0 aromatic rings. The van der Waals surface area contributed by atoms with Gasteiger partial charge in [0.2, 0.25) is 10.0 Å². The van der Waals surface area contributed by atoms with E-state index in [0.717, 1.165) is 50.7 Å². The maximum atomic E-state index is 12.7. The van der Waals surface area contributed by atoms with E-state index >= 15 is 0 Å². The van der Waals surface area contributed by atoms with E-state index in [1.807, 2.05) is 13.8 Å². The highest BCUT2D eigenvalue weighted by atomic mass is 32.2. The molecule has 0 aromatic heterocycles. The zero-order valence-electron chi connectivity index (χ0n) is 17.1. The summed E-state index contributed by atoms with van der Waals surface area (Å²) in [5.74, 6) is 0.0959. The van der Waals surface area contributed by atoms with Crippen LogP contribution in [0, 0.1) is 22.7 Å². The van der Waals surface area contributed by atoms with Crippen molar-refractivity contribution in [2.45, 2.75) is 85.1 Å². The molecule has 2 bridgehead atoms. The molecular formula is C20H34N2O4S. The summed E-state index contributed by atoms with van der Waals surface area (Å²) in [7, 11) is -3.44. The predicted molar refractivity (Wildman–Crippen MR) is 106 cm³/mol. The number of hydrogen-bond acceptors (Lipinski definition) is 5. The van der Waals surface area contributed by atoms with Crippen LogP contribution in [-0.4, -0.2) is 31.9 Å². The Morgan fingerprint density at radius 3 is 2.48 bits per heavy atom. The van der Waals surface area contributed by atoms with E-state index in [1.165, 1.54) is 6.42 Å². The second kappa shape index (κ2) is 7.47. The molecule has 1 N–H and O–H groups in total. The molecule has 0 heterocycles. The Morgan fingerprint density at radius 1 is 1.22 bits per heavy atom. The number of hydrogen-bond donors (Lipinski definition) is 1. The lowest BCUT2D eigenvalue weighted by molar-refractivity contribution is -0.149. The Bertz CT molecular complexity index is 707. The van der Waals surface area contributed by atoms with Crippen LogP contribution in [0.5, 0.6) is 0 Å². The van der Waals surface area contributed by atoms with E-state index in [1.54, 1.807) is 0 Å². The largest absolute Gasteiger partial charge is 0.338 e. The molecule has 7 heteroatoms. The summed E-state index contributed by atoms with van der Waals surface area (Å²) in [5, 5.41) is 4.29. The number of oxime groups is 1. The van der Waals surface area contributed by atoms with Crippen LogP contribution in [0.15, 0.2) is 5.16 Å². The van der Waals surface area contributed by atoms with Gasteiger partial charge in [0.05, 0.1) is 17.4 Å². The third kappa shape index (κ3) is 3.95. The first-order chi connectivity index (χ1) is 12.6. The third-order valence-corrected chi connectivity index (χ3v) is 8.91. The predicted octanol–water partition coefficient (Wildman–Crippen LogP) is 3.62. The summed E-state index contributed by atoms with van der Waals surface area (Å²) in [6.45, 7) is 7.93. The van der Waals surface area contributed by atoms with E-state index in [-0.39, 0.29) is 29.1 Å². The minimum atomic E-state index is -3.44. The van der Waals surface area contributed by atoms with Gasteiger partial charge in [0, 0.05) is 11.5 Å². The fraction of sp³-hybridized carbons (Fsp3) is 0.900. The van der Waals surface area contributed by atoms with Crippen LogP contribution >= 0.6 is 0 Å². The molecule has 0 saturated heterocycles. The molecular weight excluding hydrogens is 364 g/mol. The Kier molecular flexibility index (Phi) is 5.75. The van der Waals surface area contributed by atoms with Gasteiger partial charge in [-0.05, 0) is 57.3 Å². The van der Waals surface area contributed by atoms with Gasteiger partial charge in [0.15, 0.2) is 0 Å². The summed E-state index contributed by atoms with van der Waals surface area (Å²) < 4.78 is 28.2. The highest BCUT2D eigenvalue weighted by Crippen LogP contribution is 2.64. The number of sulfonamides is 1. The van der Waals surface area contributed by atoms with Crippen LogP contribution < -0.4 is 4.72 Å². The highest BCUT2D eigenvalue weighted by molar-refractivity contribution is 7.89. The second-order valence-corrected chi connectivity index (χ2v) is 11.3. The van der Waals surface area contributed by atoms with Gasteiger partial charge < -0.3 is 4.84 Å². The summed E-state index contributed by atoms with van der Waals surface area (Å²) in [4.78, 5) is 17.8.